The molecule has 0 spiro atoms. The molecule has 0 aliphatic rings. The van der Waals surface area contributed by atoms with Crippen LogP contribution in [-0.4, -0.2) is 21.0 Å². The largest absolute Gasteiger partial charge is 0.478 e. The maximum Gasteiger partial charge on any atom is 0.337 e. The monoisotopic (exact) mass is 319 g/mol. The maximum absolute atomic E-state index is 11.4. The van der Waals surface area contributed by atoms with Gasteiger partial charge in [-0.3, -0.25) is 9.97 Å². The van der Waals surface area contributed by atoms with Gasteiger partial charge in [-0.05, 0) is 49.7 Å². The second kappa shape index (κ2) is 6.50. The van der Waals surface area contributed by atoms with Gasteiger partial charge in [0.1, 0.15) is 0 Å². The van der Waals surface area contributed by atoms with Crippen molar-refractivity contribution in [3.8, 4) is 11.4 Å². The molecular weight excluding hydrogens is 302 g/mol. The average molecular weight is 319 g/mol. The van der Waals surface area contributed by atoms with E-state index in [9.17, 15) is 9.90 Å². The number of nitrogens with one attached hydrogen (secondary N) is 1. The third-order valence-electron chi connectivity index (χ3n) is 3.67. The van der Waals surface area contributed by atoms with Crippen molar-refractivity contribution in [2.24, 2.45) is 0 Å². The van der Waals surface area contributed by atoms with Gasteiger partial charge < -0.3 is 10.4 Å². The second-order valence-corrected chi connectivity index (χ2v) is 5.58. The first-order valence-corrected chi connectivity index (χ1v) is 7.53. The number of pyridine rings is 2. The second-order valence-electron chi connectivity index (χ2n) is 5.58. The van der Waals surface area contributed by atoms with E-state index in [-0.39, 0.29) is 5.56 Å². The Balaban J connectivity index is 1.93. The molecule has 0 fully saturated rings. The highest BCUT2D eigenvalue weighted by molar-refractivity contribution is 5.95. The Morgan fingerprint density at radius 1 is 1.08 bits per heavy atom. The van der Waals surface area contributed by atoms with Crippen LogP contribution < -0.4 is 5.32 Å². The van der Waals surface area contributed by atoms with Crippen LogP contribution in [0.2, 0.25) is 0 Å². The van der Waals surface area contributed by atoms with E-state index in [0.717, 1.165) is 28.2 Å². The molecule has 1 aromatic carbocycles. The predicted octanol–water partition coefficient (Wildman–Crippen LogP) is 4.20. The first-order chi connectivity index (χ1) is 11.5. The molecule has 0 saturated heterocycles. The first kappa shape index (κ1) is 15.7. The molecule has 5 nitrogen and oxygen atoms in total. The summed E-state index contributed by atoms with van der Waals surface area (Å²) in [5.41, 5.74) is 4.99. The smallest absolute Gasteiger partial charge is 0.337 e. The molecule has 24 heavy (non-hydrogen) atoms. The number of aromatic nitrogens is 2. The van der Waals surface area contributed by atoms with Crippen molar-refractivity contribution in [2.45, 2.75) is 13.8 Å². The number of aromatic carboxylic acids is 1. The van der Waals surface area contributed by atoms with E-state index in [1.54, 1.807) is 24.5 Å². The van der Waals surface area contributed by atoms with E-state index in [2.05, 4.69) is 15.3 Å². The summed E-state index contributed by atoms with van der Waals surface area (Å²) in [6, 6.07) is 12.9. The highest BCUT2D eigenvalue weighted by Gasteiger charge is 2.11. The molecule has 120 valence electrons. The standard InChI is InChI=1S/C19H17N3O2/c1-12-6-7-16(15(9-12)19(23)24)22-14-10-13(2)18(21-11-14)17-5-3-4-8-20-17/h3-11,22H,1-2H3,(H,23,24). The lowest BCUT2D eigenvalue weighted by Crippen LogP contribution is -2.04. The quantitative estimate of drug-likeness (QED) is 0.753. The number of nitrogens with zero attached hydrogens (tertiary/aromatic N) is 2. The molecule has 3 aromatic rings. The highest BCUT2D eigenvalue weighted by Crippen LogP contribution is 2.25. The summed E-state index contributed by atoms with van der Waals surface area (Å²) in [6.45, 7) is 3.82. The van der Waals surface area contributed by atoms with Crippen LogP contribution in [0.1, 0.15) is 21.5 Å². The van der Waals surface area contributed by atoms with Gasteiger partial charge in [0, 0.05) is 6.20 Å². The van der Waals surface area contributed by atoms with Crippen molar-refractivity contribution in [3.05, 3.63) is 71.5 Å². The van der Waals surface area contributed by atoms with Crippen molar-refractivity contribution >= 4 is 17.3 Å². The topological polar surface area (TPSA) is 75.1 Å². The van der Waals surface area contributed by atoms with Crippen LogP contribution in [0, 0.1) is 13.8 Å². The van der Waals surface area contributed by atoms with E-state index in [0.29, 0.717) is 5.69 Å². The van der Waals surface area contributed by atoms with Gasteiger partial charge >= 0.3 is 5.97 Å². The molecule has 2 aromatic heterocycles. The van der Waals surface area contributed by atoms with Gasteiger partial charge in [0.2, 0.25) is 0 Å². The molecular formula is C19H17N3O2. The number of carboxylic acid groups (broad SMARTS) is 1. The normalized spacial score (nSPS) is 10.4. The van der Waals surface area contributed by atoms with E-state index in [1.807, 2.05) is 44.2 Å². The van der Waals surface area contributed by atoms with Crippen LogP contribution in [0.4, 0.5) is 11.4 Å². The summed E-state index contributed by atoms with van der Waals surface area (Å²) < 4.78 is 0. The molecule has 0 saturated carbocycles. The minimum Gasteiger partial charge on any atom is -0.478 e. The molecule has 5 heteroatoms. The number of hydrogen-bond acceptors (Lipinski definition) is 4. The number of carbonyl (C=O) groups is 1. The van der Waals surface area contributed by atoms with Crippen LogP contribution in [0.15, 0.2) is 54.9 Å². The Bertz CT molecular complexity index is 892. The van der Waals surface area contributed by atoms with Crippen molar-refractivity contribution in [2.75, 3.05) is 5.32 Å². The SMILES string of the molecule is Cc1ccc(Nc2cnc(-c3ccccn3)c(C)c2)c(C(=O)O)c1. The Morgan fingerprint density at radius 3 is 2.58 bits per heavy atom. The van der Waals surface area contributed by atoms with Gasteiger partial charge in [-0.15, -0.1) is 0 Å². The molecule has 0 atom stereocenters. The summed E-state index contributed by atoms with van der Waals surface area (Å²) >= 11 is 0. The number of rotatable bonds is 4. The third kappa shape index (κ3) is 3.25. The molecule has 0 radical (unpaired) electrons. The van der Waals surface area contributed by atoms with Crippen molar-refractivity contribution in [1.29, 1.82) is 0 Å². The van der Waals surface area contributed by atoms with E-state index >= 15 is 0 Å². The van der Waals surface area contributed by atoms with Gasteiger partial charge in [-0.25, -0.2) is 4.79 Å². The summed E-state index contributed by atoms with van der Waals surface area (Å²) in [7, 11) is 0. The lowest BCUT2D eigenvalue weighted by Gasteiger charge is -2.12. The van der Waals surface area contributed by atoms with Gasteiger partial charge in [0.15, 0.2) is 0 Å². The molecule has 0 aliphatic carbocycles. The summed E-state index contributed by atoms with van der Waals surface area (Å²) in [5.74, 6) is -0.962. The first-order valence-electron chi connectivity index (χ1n) is 7.53. The summed E-state index contributed by atoms with van der Waals surface area (Å²) in [4.78, 5) is 20.2. The number of aryl methyl sites for hydroxylation is 2. The van der Waals surface area contributed by atoms with Crippen molar-refractivity contribution in [3.63, 3.8) is 0 Å². The highest BCUT2D eigenvalue weighted by atomic mass is 16.4. The third-order valence-corrected chi connectivity index (χ3v) is 3.67. The Morgan fingerprint density at radius 2 is 1.92 bits per heavy atom. The van der Waals surface area contributed by atoms with Crippen LogP contribution in [-0.2, 0) is 0 Å². The van der Waals surface area contributed by atoms with Crippen molar-refractivity contribution < 1.29 is 9.90 Å². The zero-order valence-electron chi connectivity index (χ0n) is 13.4. The molecule has 2 heterocycles. The zero-order valence-corrected chi connectivity index (χ0v) is 13.4. The van der Waals surface area contributed by atoms with E-state index < -0.39 is 5.97 Å². The Labute approximate surface area is 140 Å². The van der Waals surface area contributed by atoms with Crippen LogP contribution in [0.5, 0.6) is 0 Å². The van der Waals surface area contributed by atoms with Gasteiger partial charge in [-0.1, -0.05) is 17.7 Å². The van der Waals surface area contributed by atoms with Gasteiger partial charge in [0.25, 0.3) is 0 Å². The zero-order chi connectivity index (χ0) is 17.1. The number of carboxylic acids is 1. The number of hydrogen-bond donors (Lipinski definition) is 2. The Kier molecular flexibility index (Phi) is 4.24. The van der Waals surface area contributed by atoms with E-state index in [4.69, 9.17) is 0 Å². The summed E-state index contributed by atoms with van der Waals surface area (Å²) in [6.07, 6.45) is 3.41. The minimum absolute atomic E-state index is 0.237. The maximum atomic E-state index is 11.4. The van der Waals surface area contributed by atoms with Crippen molar-refractivity contribution in [1.82, 2.24) is 9.97 Å². The molecule has 0 unspecified atom stereocenters. The number of anilines is 2. The van der Waals surface area contributed by atoms with Crippen LogP contribution in [0.3, 0.4) is 0 Å². The fourth-order valence-corrected chi connectivity index (χ4v) is 2.51. The Hall–Kier alpha value is -3.21. The minimum atomic E-state index is -0.962. The van der Waals surface area contributed by atoms with Crippen LogP contribution >= 0.6 is 0 Å². The molecule has 3 rings (SSSR count). The predicted molar refractivity (Wildman–Crippen MR) is 93.6 cm³/mol. The lowest BCUT2D eigenvalue weighted by molar-refractivity contribution is 0.0698. The molecule has 0 aliphatic heterocycles. The van der Waals surface area contributed by atoms with E-state index in [1.165, 1.54) is 0 Å². The lowest BCUT2D eigenvalue weighted by atomic mass is 10.1. The fraction of sp³-hybridized carbons (Fsp3) is 0.105. The molecule has 2 N–H and O–H groups in total. The average Bonchev–Trinajstić information content (AvgIpc) is 2.57. The molecule has 0 bridgehead atoms. The fourth-order valence-electron chi connectivity index (χ4n) is 2.51. The number of benzene rings is 1. The van der Waals surface area contributed by atoms with Crippen LogP contribution in [0.25, 0.3) is 11.4 Å². The molecule has 0 amide bonds. The summed E-state index contributed by atoms with van der Waals surface area (Å²) in [5, 5.41) is 12.5. The van der Waals surface area contributed by atoms with Gasteiger partial charge in [0.05, 0.1) is 34.5 Å². The van der Waals surface area contributed by atoms with Gasteiger partial charge in [-0.2, -0.15) is 0 Å².